The van der Waals surface area contributed by atoms with Crippen LogP contribution in [0.15, 0.2) is 28.7 Å². The summed E-state index contributed by atoms with van der Waals surface area (Å²) >= 11 is 3.68. The summed E-state index contributed by atoms with van der Waals surface area (Å²) in [6.07, 6.45) is 4.82. The van der Waals surface area contributed by atoms with E-state index >= 15 is 0 Å². The summed E-state index contributed by atoms with van der Waals surface area (Å²) < 4.78 is 1.22. The third-order valence-corrected chi connectivity index (χ3v) is 5.15. The summed E-state index contributed by atoms with van der Waals surface area (Å²) in [5.74, 6) is 0. The Labute approximate surface area is 125 Å². The van der Waals surface area contributed by atoms with Crippen LogP contribution in [0.5, 0.6) is 0 Å². The first kappa shape index (κ1) is 15.0. The zero-order valence-electron chi connectivity index (χ0n) is 12.0. The summed E-state index contributed by atoms with van der Waals surface area (Å²) in [5.41, 5.74) is 7.41. The molecule has 19 heavy (non-hydrogen) atoms. The molecular formula is C16H25BrN2. The van der Waals surface area contributed by atoms with Crippen LogP contribution in [0.2, 0.25) is 0 Å². The standard InChI is InChI=1S/C16H25BrN2/c1-3-19(14-10-8-13(18)9-11-14)12(2)15-6-4-5-7-16(15)17/h4-7,12-14H,3,8-11,18H2,1-2H3. The third kappa shape index (κ3) is 3.59. The second-order valence-corrected chi connectivity index (χ2v) is 6.45. The Hall–Kier alpha value is -0.380. The van der Waals surface area contributed by atoms with Gasteiger partial charge in [0.2, 0.25) is 0 Å². The molecule has 2 N–H and O–H groups in total. The van der Waals surface area contributed by atoms with Crippen LogP contribution in [0, 0.1) is 0 Å². The molecule has 1 saturated carbocycles. The van der Waals surface area contributed by atoms with Crippen LogP contribution in [-0.2, 0) is 0 Å². The van der Waals surface area contributed by atoms with Gasteiger partial charge in [0.1, 0.15) is 0 Å². The van der Waals surface area contributed by atoms with Gasteiger partial charge < -0.3 is 5.73 Å². The molecule has 0 bridgehead atoms. The molecule has 0 saturated heterocycles. The molecule has 0 radical (unpaired) electrons. The smallest absolute Gasteiger partial charge is 0.0333 e. The molecule has 1 aromatic carbocycles. The molecule has 1 atom stereocenters. The van der Waals surface area contributed by atoms with Crippen LogP contribution >= 0.6 is 15.9 Å². The number of nitrogens with two attached hydrogens (primary N) is 1. The number of hydrogen-bond acceptors (Lipinski definition) is 2. The lowest BCUT2D eigenvalue weighted by Gasteiger charge is -2.39. The summed E-state index contributed by atoms with van der Waals surface area (Å²) in [4.78, 5) is 2.63. The maximum absolute atomic E-state index is 6.02. The second kappa shape index (κ2) is 6.87. The topological polar surface area (TPSA) is 29.3 Å². The Morgan fingerprint density at radius 1 is 1.26 bits per heavy atom. The first-order valence-electron chi connectivity index (χ1n) is 7.39. The van der Waals surface area contributed by atoms with Crippen LogP contribution < -0.4 is 5.73 Å². The molecule has 2 rings (SSSR count). The van der Waals surface area contributed by atoms with Crippen LogP contribution in [-0.4, -0.2) is 23.5 Å². The van der Waals surface area contributed by atoms with Crippen molar-refractivity contribution in [2.75, 3.05) is 6.54 Å². The van der Waals surface area contributed by atoms with Gasteiger partial charge in [0.25, 0.3) is 0 Å². The highest BCUT2D eigenvalue weighted by Gasteiger charge is 2.27. The van der Waals surface area contributed by atoms with Crippen molar-refractivity contribution in [3.63, 3.8) is 0 Å². The second-order valence-electron chi connectivity index (χ2n) is 5.60. The van der Waals surface area contributed by atoms with E-state index < -0.39 is 0 Å². The normalized spacial score (nSPS) is 25.5. The van der Waals surface area contributed by atoms with Gasteiger partial charge in [-0.15, -0.1) is 0 Å². The number of nitrogens with zero attached hydrogens (tertiary/aromatic N) is 1. The van der Waals surface area contributed by atoms with Crippen LogP contribution in [0.3, 0.4) is 0 Å². The molecule has 1 aliphatic rings. The monoisotopic (exact) mass is 324 g/mol. The van der Waals surface area contributed by atoms with Gasteiger partial charge in [-0.05, 0) is 50.8 Å². The van der Waals surface area contributed by atoms with Gasteiger partial charge >= 0.3 is 0 Å². The largest absolute Gasteiger partial charge is 0.328 e. The molecule has 106 valence electrons. The van der Waals surface area contributed by atoms with E-state index in [1.807, 2.05) is 0 Å². The lowest BCUT2D eigenvalue weighted by molar-refractivity contribution is 0.114. The summed E-state index contributed by atoms with van der Waals surface area (Å²) in [5, 5.41) is 0. The molecule has 0 aliphatic heterocycles. The van der Waals surface area contributed by atoms with Crippen molar-refractivity contribution < 1.29 is 0 Å². The Kier molecular flexibility index (Phi) is 5.43. The third-order valence-electron chi connectivity index (χ3n) is 4.43. The van der Waals surface area contributed by atoms with Gasteiger partial charge in [0.15, 0.2) is 0 Å². The van der Waals surface area contributed by atoms with Crippen LogP contribution in [0.4, 0.5) is 0 Å². The molecule has 1 aliphatic carbocycles. The Morgan fingerprint density at radius 3 is 2.47 bits per heavy atom. The van der Waals surface area contributed by atoms with E-state index in [2.05, 4.69) is 58.9 Å². The van der Waals surface area contributed by atoms with E-state index in [0.29, 0.717) is 18.1 Å². The minimum absolute atomic E-state index is 0.425. The average Bonchev–Trinajstić information content (AvgIpc) is 2.42. The Morgan fingerprint density at radius 2 is 1.89 bits per heavy atom. The summed E-state index contributed by atoms with van der Waals surface area (Å²) in [7, 11) is 0. The van der Waals surface area contributed by atoms with E-state index in [-0.39, 0.29) is 0 Å². The molecular weight excluding hydrogens is 300 g/mol. The van der Waals surface area contributed by atoms with Crippen molar-refractivity contribution in [3.05, 3.63) is 34.3 Å². The zero-order valence-corrected chi connectivity index (χ0v) is 13.6. The maximum Gasteiger partial charge on any atom is 0.0333 e. The van der Waals surface area contributed by atoms with E-state index in [9.17, 15) is 0 Å². The highest BCUT2D eigenvalue weighted by molar-refractivity contribution is 9.10. The summed E-state index contributed by atoms with van der Waals surface area (Å²) in [6, 6.07) is 10.1. The Bertz CT molecular complexity index is 399. The summed E-state index contributed by atoms with van der Waals surface area (Å²) in [6.45, 7) is 5.68. The SMILES string of the molecule is CCN(C1CCC(N)CC1)C(C)c1ccccc1Br. The fourth-order valence-electron chi connectivity index (χ4n) is 3.27. The van der Waals surface area contributed by atoms with Crippen molar-refractivity contribution in [3.8, 4) is 0 Å². The molecule has 1 fully saturated rings. The number of halogens is 1. The highest BCUT2D eigenvalue weighted by Crippen LogP contribution is 2.32. The first-order chi connectivity index (χ1) is 9.13. The fraction of sp³-hybridized carbons (Fsp3) is 0.625. The van der Waals surface area contributed by atoms with Crippen molar-refractivity contribution in [1.82, 2.24) is 4.90 Å². The van der Waals surface area contributed by atoms with Crippen LogP contribution in [0.25, 0.3) is 0 Å². The van der Waals surface area contributed by atoms with Gasteiger partial charge in [0, 0.05) is 22.6 Å². The molecule has 2 nitrogen and oxygen atoms in total. The van der Waals surface area contributed by atoms with Gasteiger partial charge in [0.05, 0.1) is 0 Å². The van der Waals surface area contributed by atoms with Gasteiger partial charge in [-0.2, -0.15) is 0 Å². The molecule has 1 unspecified atom stereocenters. The predicted molar refractivity (Wildman–Crippen MR) is 85.2 cm³/mol. The predicted octanol–water partition coefficient (Wildman–Crippen LogP) is 4.10. The van der Waals surface area contributed by atoms with Crippen LogP contribution in [0.1, 0.15) is 51.1 Å². The Balaban J connectivity index is 2.11. The average molecular weight is 325 g/mol. The fourth-order valence-corrected chi connectivity index (χ4v) is 3.89. The lowest BCUT2D eigenvalue weighted by Crippen LogP contribution is -2.42. The number of hydrogen-bond donors (Lipinski definition) is 1. The van der Waals surface area contributed by atoms with Gasteiger partial charge in [-0.25, -0.2) is 0 Å². The van der Waals surface area contributed by atoms with E-state index in [1.54, 1.807) is 0 Å². The van der Waals surface area contributed by atoms with E-state index in [1.165, 1.54) is 35.7 Å². The lowest BCUT2D eigenvalue weighted by atomic mass is 9.89. The molecule has 0 heterocycles. The van der Waals surface area contributed by atoms with Gasteiger partial charge in [-0.1, -0.05) is 41.1 Å². The first-order valence-corrected chi connectivity index (χ1v) is 8.18. The van der Waals surface area contributed by atoms with Crippen molar-refractivity contribution in [1.29, 1.82) is 0 Å². The molecule has 1 aromatic rings. The molecule has 0 aromatic heterocycles. The zero-order chi connectivity index (χ0) is 13.8. The quantitative estimate of drug-likeness (QED) is 0.903. The van der Waals surface area contributed by atoms with E-state index in [4.69, 9.17) is 5.73 Å². The molecule has 0 spiro atoms. The van der Waals surface area contributed by atoms with Crippen molar-refractivity contribution >= 4 is 15.9 Å². The van der Waals surface area contributed by atoms with Gasteiger partial charge in [-0.3, -0.25) is 4.90 Å². The van der Waals surface area contributed by atoms with E-state index in [0.717, 1.165) is 6.54 Å². The highest BCUT2D eigenvalue weighted by atomic mass is 79.9. The van der Waals surface area contributed by atoms with Crippen molar-refractivity contribution in [2.45, 2.75) is 57.7 Å². The van der Waals surface area contributed by atoms with Crippen molar-refractivity contribution in [2.24, 2.45) is 5.73 Å². The number of benzene rings is 1. The minimum atomic E-state index is 0.425. The minimum Gasteiger partial charge on any atom is -0.328 e. The maximum atomic E-state index is 6.02. The number of rotatable bonds is 4. The molecule has 3 heteroatoms. The molecule has 0 amide bonds.